The molecule has 0 aromatic carbocycles. The average molecular weight is 160 g/mol. The number of hydrogen-bond donors (Lipinski definition) is 2. The standard InChI is InChI=1S/C7H12O4/c1-11-6(9)7(10)4-2-3-5(7)8/h5,8,10H,2-4H2,1H3. The van der Waals surface area contributed by atoms with Gasteiger partial charge < -0.3 is 14.9 Å². The molecule has 2 unspecified atom stereocenters. The lowest BCUT2D eigenvalue weighted by Gasteiger charge is -2.22. The van der Waals surface area contributed by atoms with Crippen LogP contribution in [0.25, 0.3) is 0 Å². The molecule has 1 saturated carbocycles. The molecule has 1 aliphatic carbocycles. The van der Waals surface area contributed by atoms with Crippen molar-refractivity contribution in [3.63, 3.8) is 0 Å². The highest BCUT2D eigenvalue weighted by atomic mass is 16.5. The summed E-state index contributed by atoms with van der Waals surface area (Å²) in [6.07, 6.45) is 0.453. The van der Waals surface area contributed by atoms with Gasteiger partial charge in [-0.25, -0.2) is 4.79 Å². The first-order valence-electron chi connectivity index (χ1n) is 3.60. The van der Waals surface area contributed by atoms with E-state index in [1.54, 1.807) is 0 Å². The molecule has 64 valence electrons. The van der Waals surface area contributed by atoms with Gasteiger partial charge in [0.25, 0.3) is 0 Å². The molecule has 0 amide bonds. The number of carbonyl (C=O) groups excluding carboxylic acids is 1. The van der Waals surface area contributed by atoms with Crippen LogP contribution in [0.15, 0.2) is 0 Å². The van der Waals surface area contributed by atoms with E-state index in [-0.39, 0.29) is 0 Å². The molecule has 0 radical (unpaired) electrons. The third-order valence-corrected chi connectivity index (χ3v) is 2.13. The smallest absolute Gasteiger partial charge is 0.340 e. The first-order valence-corrected chi connectivity index (χ1v) is 3.60. The zero-order chi connectivity index (χ0) is 8.48. The van der Waals surface area contributed by atoms with Crippen molar-refractivity contribution < 1.29 is 19.7 Å². The van der Waals surface area contributed by atoms with Crippen molar-refractivity contribution in [2.45, 2.75) is 31.0 Å². The number of ether oxygens (including phenoxy) is 1. The van der Waals surface area contributed by atoms with Gasteiger partial charge in [-0.15, -0.1) is 0 Å². The minimum Gasteiger partial charge on any atom is -0.467 e. The summed E-state index contributed by atoms with van der Waals surface area (Å²) in [5.74, 6) is -0.734. The van der Waals surface area contributed by atoms with Crippen molar-refractivity contribution in [1.82, 2.24) is 0 Å². The van der Waals surface area contributed by atoms with E-state index in [1.807, 2.05) is 0 Å². The number of methoxy groups -OCH3 is 1. The molecule has 0 spiro atoms. The maximum atomic E-state index is 10.9. The number of aliphatic hydroxyl groups excluding tert-OH is 1. The monoisotopic (exact) mass is 160 g/mol. The summed E-state index contributed by atoms with van der Waals surface area (Å²) in [7, 11) is 1.20. The van der Waals surface area contributed by atoms with Crippen LogP contribution in [-0.2, 0) is 9.53 Å². The Morgan fingerprint density at radius 3 is 2.73 bits per heavy atom. The van der Waals surface area contributed by atoms with Crippen LogP contribution < -0.4 is 0 Å². The molecule has 0 heterocycles. The zero-order valence-corrected chi connectivity index (χ0v) is 6.41. The van der Waals surface area contributed by atoms with E-state index in [0.29, 0.717) is 19.3 Å². The highest BCUT2D eigenvalue weighted by Gasteiger charge is 2.47. The molecule has 0 aromatic rings. The Labute approximate surface area is 64.8 Å². The summed E-state index contributed by atoms with van der Waals surface area (Å²) in [6.45, 7) is 0. The Balaban J connectivity index is 2.72. The van der Waals surface area contributed by atoms with Crippen molar-refractivity contribution in [1.29, 1.82) is 0 Å². The molecule has 0 saturated heterocycles. The fourth-order valence-corrected chi connectivity index (χ4v) is 1.39. The van der Waals surface area contributed by atoms with Crippen LogP contribution in [0, 0.1) is 0 Å². The third kappa shape index (κ3) is 1.23. The second-order valence-corrected chi connectivity index (χ2v) is 2.82. The van der Waals surface area contributed by atoms with Crippen molar-refractivity contribution >= 4 is 5.97 Å². The Morgan fingerprint density at radius 1 is 1.73 bits per heavy atom. The summed E-state index contributed by atoms with van der Waals surface area (Å²) in [4.78, 5) is 10.9. The predicted octanol–water partition coefficient (Wildman–Crippen LogP) is -0.565. The van der Waals surface area contributed by atoms with Gasteiger partial charge in [0.2, 0.25) is 0 Å². The van der Waals surface area contributed by atoms with Crippen LogP contribution in [0.4, 0.5) is 0 Å². The topological polar surface area (TPSA) is 66.8 Å². The van der Waals surface area contributed by atoms with Gasteiger partial charge >= 0.3 is 5.97 Å². The van der Waals surface area contributed by atoms with Gasteiger partial charge in [-0.1, -0.05) is 0 Å². The van der Waals surface area contributed by atoms with Gasteiger partial charge in [0.15, 0.2) is 5.60 Å². The van der Waals surface area contributed by atoms with Gasteiger partial charge in [-0.3, -0.25) is 0 Å². The van der Waals surface area contributed by atoms with E-state index >= 15 is 0 Å². The normalized spacial score (nSPS) is 37.2. The van der Waals surface area contributed by atoms with Crippen LogP contribution in [-0.4, -0.2) is 35.0 Å². The van der Waals surface area contributed by atoms with E-state index in [0.717, 1.165) is 0 Å². The molecule has 0 aromatic heterocycles. The maximum absolute atomic E-state index is 10.9. The second-order valence-electron chi connectivity index (χ2n) is 2.82. The Morgan fingerprint density at radius 2 is 2.36 bits per heavy atom. The second kappa shape index (κ2) is 2.79. The largest absolute Gasteiger partial charge is 0.467 e. The number of esters is 1. The molecular formula is C7H12O4. The summed E-state index contributed by atoms with van der Waals surface area (Å²) in [6, 6.07) is 0. The van der Waals surface area contributed by atoms with Crippen LogP contribution in [0.1, 0.15) is 19.3 Å². The van der Waals surface area contributed by atoms with E-state index in [9.17, 15) is 15.0 Å². The molecule has 1 rings (SSSR count). The van der Waals surface area contributed by atoms with Gasteiger partial charge in [-0.2, -0.15) is 0 Å². The van der Waals surface area contributed by atoms with Crippen LogP contribution in [0.5, 0.6) is 0 Å². The fraction of sp³-hybridized carbons (Fsp3) is 0.857. The Kier molecular flexibility index (Phi) is 2.15. The third-order valence-electron chi connectivity index (χ3n) is 2.13. The Bertz CT molecular complexity index is 168. The van der Waals surface area contributed by atoms with Gasteiger partial charge in [0, 0.05) is 0 Å². The lowest BCUT2D eigenvalue weighted by molar-refractivity contribution is -0.171. The summed E-state index contributed by atoms with van der Waals surface area (Å²) >= 11 is 0. The predicted molar refractivity (Wildman–Crippen MR) is 36.8 cm³/mol. The Hall–Kier alpha value is -0.610. The first-order chi connectivity index (χ1) is 5.11. The molecule has 4 nitrogen and oxygen atoms in total. The molecule has 4 heteroatoms. The fourth-order valence-electron chi connectivity index (χ4n) is 1.39. The molecule has 0 bridgehead atoms. The highest BCUT2D eigenvalue weighted by Crippen LogP contribution is 2.30. The van der Waals surface area contributed by atoms with Crippen LogP contribution in [0.2, 0.25) is 0 Å². The summed E-state index contributed by atoms with van der Waals surface area (Å²) < 4.78 is 4.36. The molecular weight excluding hydrogens is 148 g/mol. The molecule has 0 aliphatic heterocycles. The zero-order valence-electron chi connectivity index (χ0n) is 6.41. The van der Waals surface area contributed by atoms with Gasteiger partial charge in [0.1, 0.15) is 0 Å². The molecule has 1 fully saturated rings. The van der Waals surface area contributed by atoms with Gasteiger partial charge in [0.05, 0.1) is 13.2 Å². The number of hydrogen-bond acceptors (Lipinski definition) is 4. The van der Waals surface area contributed by atoms with E-state index in [2.05, 4.69) is 4.74 Å². The maximum Gasteiger partial charge on any atom is 0.340 e. The van der Waals surface area contributed by atoms with Crippen molar-refractivity contribution in [2.24, 2.45) is 0 Å². The average Bonchev–Trinajstić information content (AvgIpc) is 2.32. The van der Waals surface area contributed by atoms with E-state index in [1.165, 1.54) is 7.11 Å². The minimum absolute atomic E-state index is 0.292. The highest BCUT2D eigenvalue weighted by molar-refractivity contribution is 5.80. The minimum atomic E-state index is -1.64. The van der Waals surface area contributed by atoms with Crippen molar-refractivity contribution in [3.05, 3.63) is 0 Å². The first kappa shape index (κ1) is 8.49. The molecule has 1 aliphatic rings. The van der Waals surface area contributed by atoms with Crippen LogP contribution in [0.3, 0.4) is 0 Å². The molecule has 11 heavy (non-hydrogen) atoms. The lowest BCUT2D eigenvalue weighted by Crippen LogP contribution is -2.46. The summed E-state index contributed by atoms with van der Waals surface area (Å²) in [5.41, 5.74) is -1.64. The molecule has 2 N–H and O–H groups in total. The number of rotatable bonds is 1. The van der Waals surface area contributed by atoms with Crippen molar-refractivity contribution in [3.8, 4) is 0 Å². The number of carbonyl (C=O) groups is 1. The number of aliphatic hydroxyl groups is 2. The van der Waals surface area contributed by atoms with Crippen LogP contribution >= 0.6 is 0 Å². The van der Waals surface area contributed by atoms with Crippen molar-refractivity contribution in [2.75, 3.05) is 7.11 Å². The molecule has 2 atom stereocenters. The summed E-state index contributed by atoms with van der Waals surface area (Å²) in [5, 5.41) is 18.7. The lowest BCUT2D eigenvalue weighted by atomic mass is 10.0. The van der Waals surface area contributed by atoms with E-state index in [4.69, 9.17) is 0 Å². The quantitative estimate of drug-likeness (QED) is 0.504. The van der Waals surface area contributed by atoms with Gasteiger partial charge in [-0.05, 0) is 19.3 Å². The SMILES string of the molecule is COC(=O)C1(O)CCCC1O. The van der Waals surface area contributed by atoms with E-state index < -0.39 is 17.7 Å².